The number of allylic oxidation sites excluding steroid dienone is 3. The summed E-state index contributed by atoms with van der Waals surface area (Å²) in [4.78, 5) is 0. The van der Waals surface area contributed by atoms with Crippen molar-refractivity contribution in [1.82, 2.24) is 0 Å². The Balaban J connectivity index is 2.87. The van der Waals surface area contributed by atoms with Crippen LogP contribution in [0.15, 0.2) is 23.8 Å². The Hall–Kier alpha value is -0.560. The molecule has 1 aliphatic rings. The molecule has 1 rings (SSSR count). The quantitative estimate of drug-likeness (QED) is 0.692. The maximum Gasteiger partial charge on any atom is 0.0608 e. The smallest absolute Gasteiger partial charge is 0.0608 e. The van der Waals surface area contributed by atoms with Crippen LogP contribution < -0.4 is 0 Å². The highest BCUT2D eigenvalue weighted by Crippen LogP contribution is 2.37. The topological polar surface area (TPSA) is 20.2 Å². The van der Waals surface area contributed by atoms with Crippen LogP contribution in [-0.2, 0) is 0 Å². The SMILES string of the molecule is CC[C@H](O)C1C=C(C)C=CC1(C)C. The fourth-order valence-electron chi connectivity index (χ4n) is 1.87. The van der Waals surface area contributed by atoms with E-state index in [1.807, 2.05) is 6.92 Å². The molecule has 0 bridgehead atoms. The van der Waals surface area contributed by atoms with Gasteiger partial charge in [0, 0.05) is 5.92 Å². The molecular weight excluding hydrogens is 160 g/mol. The minimum Gasteiger partial charge on any atom is -0.392 e. The van der Waals surface area contributed by atoms with Crippen molar-refractivity contribution in [2.45, 2.75) is 40.2 Å². The summed E-state index contributed by atoms with van der Waals surface area (Å²) >= 11 is 0. The Labute approximate surface area is 81.2 Å². The van der Waals surface area contributed by atoms with E-state index in [0.717, 1.165) is 6.42 Å². The van der Waals surface area contributed by atoms with Gasteiger partial charge in [-0.05, 0) is 18.8 Å². The van der Waals surface area contributed by atoms with E-state index in [9.17, 15) is 5.11 Å². The van der Waals surface area contributed by atoms with Gasteiger partial charge in [0.2, 0.25) is 0 Å². The fourth-order valence-corrected chi connectivity index (χ4v) is 1.87. The molecular formula is C12H20O. The van der Waals surface area contributed by atoms with Gasteiger partial charge >= 0.3 is 0 Å². The molecule has 0 saturated carbocycles. The highest BCUT2D eigenvalue weighted by molar-refractivity contribution is 5.26. The van der Waals surface area contributed by atoms with Crippen LogP contribution in [0.4, 0.5) is 0 Å². The molecule has 2 atom stereocenters. The average Bonchev–Trinajstić information content (AvgIpc) is 2.08. The van der Waals surface area contributed by atoms with Gasteiger partial charge in [0.05, 0.1) is 6.10 Å². The molecule has 1 heteroatoms. The first-order valence-corrected chi connectivity index (χ1v) is 5.03. The van der Waals surface area contributed by atoms with Crippen LogP contribution in [0.1, 0.15) is 34.1 Å². The summed E-state index contributed by atoms with van der Waals surface area (Å²) in [6.07, 6.45) is 7.14. The van der Waals surface area contributed by atoms with Crippen molar-refractivity contribution in [3.05, 3.63) is 23.8 Å². The zero-order valence-corrected chi connectivity index (χ0v) is 9.04. The average molecular weight is 180 g/mol. The molecule has 13 heavy (non-hydrogen) atoms. The molecule has 0 saturated heterocycles. The minimum absolute atomic E-state index is 0.0922. The first kappa shape index (κ1) is 10.5. The normalized spacial score (nSPS) is 28.4. The largest absolute Gasteiger partial charge is 0.392 e. The Kier molecular flexibility index (Phi) is 2.97. The van der Waals surface area contributed by atoms with Crippen LogP contribution in [0.2, 0.25) is 0 Å². The van der Waals surface area contributed by atoms with Crippen molar-refractivity contribution >= 4 is 0 Å². The summed E-state index contributed by atoms with van der Waals surface area (Å²) in [5.74, 6) is 0.266. The van der Waals surface area contributed by atoms with Crippen molar-refractivity contribution in [2.75, 3.05) is 0 Å². The van der Waals surface area contributed by atoms with E-state index >= 15 is 0 Å². The van der Waals surface area contributed by atoms with E-state index in [-0.39, 0.29) is 17.4 Å². The van der Waals surface area contributed by atoms with Gasteiger partial charge < -0.3 is 5.11 Å². The molecule has 1 N–H and O–H groups in total. The molecule has 0 heterocycles. The van der Waals surface area contributed by atoms with Gasteiger partial charge in [-0.15, -0.1) is 0 Å². The predicted octanol–water partition coefficient (Wildman–Crippen LogP) is 2.92. The lowest BCUT2D eigenvalue weighted by molar-refractivity contribution is 0.0786. The summed E-state index contributed by atoms with van der Waals surface area (Å²) in [7, 11) is 0. The summed E-state index contributed by atoms with van der Waals surface area (Å²) in [5, 5.41) is 9.86. The van der Waals surface area contributed by atoms with Gasteiger partial charge in [-0.25, -0.2) is 0 Å². The second-order valence-corrected chi connectivity index (χ2v) is 4.57. The van der Waals surface area contributed by atoms with E-state index in [0.29, 0.717) is 0 Å². The van der Waals surface area contributed by atoms with Gasteiger partial charge in [-0.2, -0.15) is 0 Å². The van der Waals surface area contributed by atoms with E-state index in [4.69, 9.17) is 0 Å². The zero-order chi connectivity index (χ0) is 10.1. The minimum atomic E-state index is -0.213. The predicted molar refractivity (Wildman–Crippen MR) is 56.5 cm³/mol. The number of aliphatic hydroxyl groups is 1. The van der Waals surface area contributed by atoms with Gasteiger partial charge in [0.15, 0.2) is 0 Å². The molecule has 0 spiro atoms. The first-order valence-electron chi connectivity index (χ1n) is 5.03. The summed E-state index contributed by atoms with van der Waals surface area (Å²) in [6.45, 7) is 8.47. The molecule has 0 aromatic carbocycles. The third-order valence-electron chi connectivity index (χ3n) is 2.91. The third-order valence-corrected chi connectivity index (χ3v) is 2.91. The van der Waals surface area contributed by atoms with E-state index in [1.165, 1.54) is 5.57 Å². The lowest BCUT2D eigenvalue weighted by Crippen LogP contribution is -2.32. The second kappa shape index (κ2) is 3.67. The van der Waals surface area contributed by atoms with E-state index in [2.05, 4.69) is 39.0 Å². The molecule has 0 radical (unpaired) electrons. The van der Waals surface area contributed by atoms with Crippen LogP contribution in [0, 0.1) is 11.3 Å². The van der Waals surface area contributed by atoms with Gasteiger partial charge in [-0.3, -0.25) is 0 Å². The van der Waals surface area contributed by atoms with Gasteiger partial charge in [0.1, 0.15) is 0 Å². The number of hydrogen-bond acceptors (Lipinski definition) is 1. The molecule has 0 aromatic rings. The Bertz CT molecular complexity index is 236. The number of rotatable bonds is 2. The summed E-state index contributed by atoms with van der Waals surface area (Å²) in [6, 6.07) is 0. The molecule has 74 valence electrons. The molecule has 0 aliphatic heterocycles. The monoisotopic (exact) mass is 180 g/mol. The number of hydrogen-bond donors (Lipinski definition) is 1. The van der Waals surface area contributed by atoms with E-state index < -0.39 is 0 Å². The maximum atomic E-state index is 9.86. The van der Waals surface area contributed by atoms with Crippen LogP contribution in [0.5, 0.6) is 0 Å². The van der Waals surface area contributed by atoms with Gasteiger partial charge in [0.25, 0.3) is 0 Å². The lowest BCUT2D eigenvalue weighted by Gasteiger charge is -2.35. The maximum absolute atomic E-state index is 9.86. The van der Waals surface area contributed by atoms with Crippen LogP contribution in [0.3, 0.4) is 0 Å². The van der Waals surface area contributed by atoms with Gasteiger partial charge in [-0.1, -0.05) is 44.6 Å². The third kappa shape index (κ3) is 2.22. The molecule has 1 aliphatic carbocycles. The van der Waals surface area contributed by atoms with Crippen molar-refractivity contribution in [3.63, 3.8) is 0 Å². The van der Waals surface area contributed by atoms with Crippen LogP contribution in [0.25, 0.3) is 0 Å². The first-order chi connectivity index (χ1) is 5.97. The molecule has 1 nitrogen and oxygen atoms in total. The highest BCUT2D eigenvalue weighted by Gasteiger charge is 2.31. The Morgan fingerprint density at radius 2 is 2.15 bits per heavy atom. The van der Waals surface area contributed by atoms with E-state index in [1.54, 1.807) is 0 Å². The Morgan fingerprint density at radius 3 is 2.69 bits per heavy atom. The molecule has 1 unspecified atom stereocenters. The lowest BCUT2D eigenvalue weighted by atomic mass is 9.71. The number of aliphatic hydroxyl groups excluding tert-OH is 1. The van der Waals surface area contributed by atoms with Crippen molar-refractivity contribution in [1.29, 1.82) is 0 Å². The summed E-state index contributed by atoms with van der Waals surface area (Å²) in [5.41, 5.74) is 1.35. The fraction of sp³-hybridized carbons (Fsp3) is 0.667. The van der Waals surface area contributed by atoms with Crippen molar-refractivity contribution in [2.24, 2.45) is 11.3 Å². The molecule has 0 fully saturated rings. The summed E-state index contributed by atoms with van der Waals surface area (Å²) < 4.78 is 0. The standard InChI is InChI=1S/C12H20O/c1-5-11(13)10-8-9(2)6-7-12(10,3)4/h6-8,10-11,13H,5H2,1-4H3/t10?,11-/m0/s1. The second-order valence-electron chi connectivity index (χ2n) is 4.57. The van der Waals surface area contributed by atoms with Crippen LogP contribution >= 0.6 is 0 Å². The molecule has 0 aromatic heterocycles. The highest BCUT2D eigenvalue weighted by atomic mass is 16.3. The molecule has 0 amide bonds. The van der Waals surface area contributed by atoms with Crippen molar-refractivity contribution in [3.8, 4) is 0 Å². The van der Waals surface area contributed by atoms with Crippen LogP contribution in [-0.4, -0.2) is 11.2 Å². The Morgan fingerprint density at radius 1 is 1.54 bits per heavy atom. The zero-order valence-electron chi connectivity index (χ0n) is 9.04. The van der Waals surface area contributed by atoms with Crippen molar-refractivity contribution < 1.29 is 5.11 Å².